The number of para-hydroxylation sites is 1. The van der Waals surface area contributed by atoms with E-state index in [1.54, 1.807) is 14.2 Å². The molecule has 2 aromatic rings. The summed E-state index contributed by atoms with van der Waals surface area (Å²) in [4.78, 5) is 0. The van der Waals surface area contributed by atoms with Gasteiger partial charge in [-0.05, 0) is 55.0 Å². The largest absolute Gasteiger partial charge is 0.497 e. The number of methoxy groups -OCH3 is 2. The fourth-order valence-corrected chi connectivity index (χ4v) is 2.29. The number of rotatable bonds is 6. The second kappa shape index (κ2) is 6.99. The van der Waals surface area contributed by atoms with Gasteiger partial charge in [0.05, 0.1) is 14.2 Å². The van der Waals surface area contributed by atoms with Crippen molar-refractivity contribution in [1.82, 2.24) is 0 Å². The average molecular weight is 269 g/mol. The van der Waals surface area contributed by atoms with Crippen LogP contribution in [0.15, 0.2) is 48.5 Å². The molecule has 0 aliphatic carbocycles. The smallest absolute Gasteiger partial charge is 0.122 e. The van der Waals surface area contributed by atoms with Gasteiger partial charge >= 0.3 is 0 Å². The molecule has 0 spiro atoms. The van der Waals surface area contributed by atoms with Gasteiger partial charge in [-0.15, -0.1) is 0 Å². The molecule has 0 amide bonds. The lowest BCUT2D eigenvalue weighted by Crippen LogP contribution is -2.00. The van der Waals surface area contributed by atoms with Crippen LogP contribution in [0.4, 0.5) is 0 Å². The Hall–Kier alpha value is -1.96. The van der Waals surface area contributed by atoms with Crippen LogP contribution in [0.5, 0.6) is 11.5 Å². The summed E-state index contributed by atoms with van der Waals surface area (Å²) in [5, 5.41) is 0. The summed E-state index contributed by atoms with van der Waals surface area (Å²) < 4.78 is 10.6. The Morgan fingerprint density at radius 2 is 1.65 bits per heavy atom. The second-order valence-corrected chi connectivity index (χ2v) is 4.83. The first-order chi connectivity index (χ1) is 9.74. The molecule has 0 fully saturated rings. The van der Waals surface area contributed by atoms with Crippen molar-refractivity contribution in [3.63, 3.8) is 0 Å². The highest BCUT2D eigenvalue weighted by atomic mass is 16.5. The molecular formula is C18H21O2. The van der Waals surface area contributed by atoms with Crippen molar-refractivity contribution >= 4 is 0 Å². The van der Waals surface area contributed by atoms with E-state index in [-0.39, 0.29) is 5.92 Å². The fourth-order valence-electron chi connectivity index (χ4n) is 2.29. The molecule has 2 heteroatoms. The first-order valence-corrected chi connectivity index (χ1v) is 6.83. The predicted molar refractivity (Wildman–Crippen MR) is 82.4 cm³/mol. The third-order valence-electron chi connectivity index (χ3n) is 3.52. The van der Waals surface area contributed by atoms with E-state index in [1.165, 1.54) is 11.1 Å². The first-order valence-electron chi connectivity index (χ1n) is 6.83. The Balaban J connectivity index is 1.98. The highest BCUT2D eigenvalue weighted by Gasteiger charge is 2.10. The zero-order valence-corrected chi connectivity index (χ0v) is 12.1. The van der Waals surface area contributed by atoms with Gasteiger partial charge in [0.25, 0.3) is 0 Å². The Morgan fingerprint density at radius 3 is 2.30 bits per heavy atom. The topological polar surface area (TPSA) is 18.5 Å². The lowest BCUT2D eigenvalue weighted by Gasteiger charge is -2.15. The molecule has 2 rings (SSSR count). The van der Waals surface area contributed by atoms with E-state index in [0.717, 1.165) is 24.3 Å². The summed E-state index contributed by atoms with van der Waals surface area (Å²) in [6.45, 7) is 4.26. The molecule has 0 N–H and O–H groups in total. The van der Waals surface area contributed by atoms with E-state index in [9.17, 15) is 0 Å². The molecule has 2 aromatic carbocycles. The Labute approximate surface area is 121 Å². The Bertz CT molecular complexity index is 531. The molecule has 20 heavy (non-hydrogen) atoms. The van der Waals surface area contributed by atoms with Crippen molar-refractivity contribution in [2.24, 2.45) is 0 Å². The van der Waals surface area contributed by atoms with Crippen LogP contribution in [-0.2, 0) is 6.42 Å². The molecular weight excluding hydrogens is 248 g/mol. The van der Waals surface area contributed by atoms with E-state index in [1.807, 2.05) is 30.3 Å². The SMILES string of the molecule is [CH2]C(CCc1ccc(OC)cc1)c1ccccc1OC. The summed E-state index contributed by atoms with van der Waals surface area (Å²) in [5.41, 5.74) is 2.47. The van der Waals surface area contributed by atoms with Crippen molar-refractivity contribution < 1.29 is 9.47 Å². The minimum Gasteiger partial charge on any atom is -0.497 e. The number of hydrogen-bond acceptors (Lipinski definition) is 2. The lowest BCUT2D eigenvalue weighted by molar-refractivity contribution is 0.407. The number of benzene rings is 2. The van der Waals surface area contributed by atoms with Crippen LogP contribution in [0.2, 0.25) is 0 Å². The number of ether oxygens (including phenoxy) is 2. The molecule has 0 aliphatic heterocycles. The molecule has 0 aliphatic rings. The normalized spacial score (nSPS) is 11.9. The standard InChI is InChI=1S/C18H21O2/c1-14(17-6-4-5-7-18(17)20-3)8-9-15-10-12-16(19-2)13-11-15/h4-7,10-14H,1,8-9H2,2-3H3. The number of hydrogen-bond donors (Lipinski definition) is 0. The van der Waals surface area contributed by atoms with Gasteiger partial charge in [-0.3, -0.25) is 0 Å². The second-order valence-electron chi connectivity index (χ2n) is 4.83. The van der Waals surface area contributed by atoms with Gasteiger partial charge in [-0.25, -0.2) is 0 Å². The van der Waals surface area contributed by atoms with E-state index >= 15 is 0 Å². The molecule has 0 aromatic heterocycles. The van der Waals surface area contributed by atoms with Crippen LogP contribution in [0.1, 0.15) is 23.5 Å². The van der Waals surface area contributed by atoms with Crippen LogP contribution < -0.4 is 9.47 Å². The van der Waals surface area contributed by atoms with Crippen molar-refractivity contribution in [2.45, 2.75) is 18.8 Å². The molecule has 105 valence electrons. The maximum atomic E-state index is 5.39. The van der Waals surface area contributed by atoms with Crippen LogP contribution in [0.25, 0.3) is 0 Å². The minimum atomic E-state index is 0.230. The summed E-state index contributed by atoms with van der Waals surface area (Å²) in [6, 6.07) is 16.3. The van der Waals surface area contributed by atoms with Gasteiger partial charge in [-0.2, -0.15) is 0 Å². The maximum absolute atomic E-state index is 5.39. The zero-order valence-electron chi connectivity index (χ0n) is 12.1. The lowest BCUT2D eigenvalue weighted by atomic mass is 9.93. The molecule has 0 bridgehead atoms. The fraction of sp³-hybridized carbons (Fsp3) is 0.278. The molecule has 0 saturated carbocycles. The molecule has 1 radical (unpaired) electrons. The van der Waals surface area contributed by atoms with E-state index < -0.39 is 0 Å². The summed E-state index contributed by atoms with van der Waals surface area (Å²) >= 11 is 0. The summed E-state index contributed by atoms with van der Waals surface area (Å²) in [7, 11) is 3.39. The highest BCUT2D eigenvalue weighted by molar-refractivity contribution is 5.37. The average Bonchev–Trinajstić information content (AvgIpc) is 2.53. The zero-order chi connectivity index (χ0) is 14.4. The van der Waals surface area contributed by atoms with Gasteiger partial charge in [0.2, 0.25) is 0 Å². The Morgan fingerprint density at radius 1 is 0.950 bits per heavy atom. The van der Waals surface area contributed by atoms with Crippen LogP contribution >= 0.6 is 0 Å². The van der Waals surface area contributed by atoms with Crippen LogP contribution in [0.3, 0.4) is 0 Å². The van der Waals surface area contributed by atoms with Crippen molar-refractivity contribution in [3.05, 3.63) is 66.6 Å². The van der Waals surface area contributed by atoms with Gasteiger partial charge in [0.1, 0.15) is 11.5 Å². The molecule has 0 heterocycles. The Kier molecular flexibility index (Phi) is 5.05. The van der Waals surface area contributed by atoms with E-state index in [4.69, 9.17) is 9.47 Å². The third kappa shape index (κ3) is 3.53. The maximum Gasteiger partial charge on any atom is 0.122 e. The van der Waals surface area contributed by atoms with Gasteiger partial charge in [0, 0.05) is 0 Å². The van der Waals surface area contributed by atoms with Crippen LogP contribution in [0, 0.1) is 6.92 Å². The van der Waals surface area contributed by atoms with E-state index in [0.29, 0.717) is 0 Å². The van der Waals surface area contributed by atoms with Gasteiger partial charge < -0.3 is 9.47 Å². The van der Waals surface area contributed by atoms with Crippen molar-refractivity contribution in [2.75, 3.05) is 14.2 Å². The number of aryl methyl sites for hydroxylation is 1. The van der Waals surface area contributed by atoms with Gasteiger partial charge in [-0.1, -0.05) is 30.3 Å². The summed E-state index contributed by atoms with van der Waals surface area (Å²) in [5.74, 6) is 2.04. The molecule has 1 atom stereocenters. The first kappa shape index (κ1) is 14.4. The van der Waals surface area contributed by atoms with E-state index in [2.05, 4.69) is 25.1 Å². The predicted octanol–water partition coefficient (Wildman–Crippen LogP) is 4.25. The van der Waals surface area contributed by atoms with Crippen molar-refractivity contribution in [1.29, 1.82) is 0 Å². The van der Waals surface area contributed by atoms with Crippen LogP contribution in [-0.4, -0.2) is 14.2 Å². The molecule has 1 unspecified atom stereocenters. The monoisotopic (exact) mass is 269 g/mol. The quantitative estimate of drug-likeness (QED) is 0.780. The minimum absolute atomic E-state index is 0.230. The third-order valence-corrected chi connectivity index (χ3v) is 3.52. The summed E-state index contributed by atoms with van der Waals surface area (Å²) in [6.07, 6.45) is 1.99. The molecule has 0 saturated heterocycles. The van der Waals surface area contributed by atoms with Gasteiger partial charge in [0.15, 0.2) is 0 Å². The van der Waals surface area contributed by atoms with Crippen molar-refractivity contribution in [3.8, 4) is 11.5 Å². The molecule has 2 nitrogen and oxygen atoms in total. The highest BCUT2D eigenvalue weighted by Crippen LogP contribution is 2.29.